The number of aromatic nitrogens is 1. The van der Waals surface area contributed by atoms with Crippen LogP contribution >= 0.6 is 0 Å². The van der Waals surface area contributed by atoms with Crippen LogP contribution in [0.2, 0.25) is 0 Å². The molecule has 5 nitrogen and oxygen atoms in total. The summed E-state index contributed by atoms with van der Waals surface area (Å²) < 4.78 is 8.52. The molecule has 0 aliphatic carbocycles. The molecule has 5 heteroatoms. The van der Waals surface area contributed by atoms with Crippen molar-refractivity contribution in [1.82, 2.24) is 4.40 Å². The Morgan fingerprint density at radius 2 is 1.53 bits per heavy atom. The molecule has 0 N–H and O–H groups in total. The molecule has 32 heavy (non-hydrogen) atoms. The summed E-state index contributed by atoms with van der Waals surface area (Å²) in [5.41, 5.74) is 6.54. The molecular formula is C27H27N3O2. The van der Waals surface area contributed by atoms with Crippen LogP contribution in [0.5, 0.6) is 0 Å². The van der Waals surface area contributed by atoms with Gasteiger partial charge >= 0.3 is 5.97 Å². The maximum absolute atomic E-state index is 13.3. The van der Waals surface area contributed by atoms with E-state index in [1.54, 1.807) is 0 Å². The molecule has 0 spiro atoms. The first-order valence-corrected chi connectivity index (χ1v) is 10.7. The monoisotopic (exact) mass is 425 g/mol. The highest BCUT2D eigenvalue weighted by Crippen LogP contribution is 2.49. The number of ether oxygens (including phenoxy) is 1. The van der Waals surface area contributed by atoms with Gasteiger partial charge in [0.15, 0.2) is 0 Å². The lowest BCUT2D eigenvalue weighted by Crippen LogP contribution is -2.32. The number of pyridine rings is 1. The fourth-order valence-electron chi connectivity index (χ4n) is 4.76. The molecular weight excluding hydrogens is 398 g/mol. The average molecular weight is 426 g/mol. The molecule has 0 radical (unpaired) electrons. The van der Waals surface area contributed by atoms with Gasteiger partial charge in [0.2, 0.25) is 5.60 Å². The van der Waals surface area contributed by atoms with Crippen molar-refractivity contribution >= 4 is 22.9 Å². The Bertz CT molecular complexity index is 1340. The Hall–Kier alpha value is -3.73. The first kappa shape index (κ1) is 20.2. The minimum atomic E-state index is -1.03. The predicted octanol–water partition coefficient (Wildman–Crippen LogP) is 4.84. The van der Waals surface area contributed by atoms with E-state index in [4.69, 9.17) is 4.74 Å². The quantitative estimate of drug-likeness (QED) is 0.439. The summed E-state index contributed by atoms with van der Waals surface area (Å²) in [6.45, 7) is 2.08. The average Bonchev–Trinajstić information content (AvgIpc) is 3.27. The molecule has 5 rings (SSSR count). The van der Waals surface area contributed by atoms with Crippen LogP contribution in [0.4, 0.5) is 11.4 Å². The van der Waals surface area contributed by atoms with Gasteiger partial charge in [0.1, 0.15) is 0 Å². The maximum Gasteiger partial charge on any atom is 0.340 e. The molecule has 0 amide bonds. The van der Waals surface area contributed by atoms with Crippen molar-refractivity contribution in [1.29, 1.82) is 0 Å². The minimum Gasteiger partial charge on any atom is -0.439 e. The van der Waals surface area contributed by atoms with E-state index in [1.165, 1.54) is 0 Å². The zero-order chi connectivity index (χ0) is 22.6. The molecule has 0 saturated carbocycles. The summed E-state index contributed by atoms with van der Waals surface area (Å²) >= 11 is 0. The fraction of sp³-hybridized carbons (Fsp3) is 0.222. The minimum absolute atomic E-state index is 0.300. The Morgan fingerprint density at radius 3 is 2.22 bits per heavy atom. The van der Waals surface area contributed by atoms with Gasteiger partial charge in [-0.1, -0.05) is 24.3 Å². The molecule has 2 aromatic heterocycles. The summed E-state index contributed by atoms with van der Waals surface area (Å²) in [5.74, 6) is -0.300. The van der Waals surface area contributed by atoms with Gasteiger partial charge in [-0.2, -0.15) is 0 Å². The number of cyclic esters (lactones) is 1. The van der Waals surface area contributed by atoms with E-state index in [0.717, 1.165) is 39.3 Å². The van der Waals surface area contributed by atoms with Crippen molar-refractivity contribution in [3.63, 3.8) is 0 Å². The highest BCUT2D eigenvalue weighted by Gasteiger charge is 2.51. The van der Waals surface area contributed by atoms with Crippen LogP contribution in [0, 0.1) is 6.92 Å². The molecule has 2 aromatic carbocycles. The Morgan fingerprint density at radius 1 is 0.844 bits per heavy atom. The van der Waals surface area contributed by atoms with Crippen LogP contribution in [0.15, 0.2) is 72.9 Å². The number of benzene rings is 2. The number of carbonyl (C=O) groups is 1. The highest BCUT2D eigenvalue weighted by molar-refractivity contribution is 5.97. The SMILES string of the molecule is Cc1cc2ccccn2c1C1(c2ccc(N(C)C)cc2)OC(=O)c2cc(N(C)C)ccc21. The Kier molecular flexibility index (Phi) is 4.52. The van der Waals surface area contributed by atoms with Gasteiger partial charge in [0, 0.05) is 62.4 Å². The van der Waals surface area contributed by atoms with Gasteiger partial charge in [-0.3, -0.25) is 0 Å². The first-order valence-electron chi connectivity index (χ1n) is 10.7. The van der Waals surface area contributed by atoms with E-state index in [2.05, 4.69) is 58.7 Å². The van der Waals surface area contributed by atoms with Crippen LogP contribution in [0.25, 0.3) is 5.52 Å². The molecule has 0 bridgehead atoms. The number of anilines is 2. The molecule has 0 saturated heterocycles. The largest absolute Gasteiger partial charge is 0.439 e. The van der Waals surface area contributed by atoms with Gasteiger partial charge in [0.05, 0.1) is 11.3 Å². The molecule has 162 valence electrons. The zero-order valence-electron chi connectivity index (χ0n) is 19.1. The summed E-state index contributed by atoms with van der Waals surface area (Å²) in [6, 6.07) is 22.5. The second-order valence-electron chi connectivity index (χ2n) is 8.81. The second-order valence-corrected chi connectivity index (χ2v) is 8.81. The third-order valence-electron chi connectivity index (χ3n) is 6.36. The Balaban J connectivity index is 1.85. The number of rotatable bonds is 4. The van der Waals surface area contributed by atoms with E-state index >= 15 is 0 Å². The maximum atomic E-state index is 13.3. The normalized spacial score (nSPS) is 17.3. The summed E-state index contributed by atoms with van der Waals surface area (Å²) in [7, 11) is 7.98. The number of fused-ring (bicyclic) bond motifs is 2. The molecule has 3 heterocycles. The lowest BCUT2D eigenvalue weighted by Gasteiger charge is -2.31. The third kappa shape index (κ3) is 2.81. The number of hydrogen-bond acceptors (Lipinski definition) is 4. The Labute approximate surface area is 188 Å². The van der Waals surface area contributed by atoms with E-state index in [-0.39, 0.29) is 5.97 Å². The number of nitrogens with zero attached hydrogens (tertiary/aromatic N) is 3. The van der Waals surface area contributed by atoms with Crippen molar-refractivity contribution in [2.45, 2.75) is 12.5 Å². The van der Waals surface area contributed by atoms with Crippen LogP contribution in [0.3, 0.4) is 0 Å². The van der Waals surface area contributed by atoms with Crippen LogP contribution in [-0.4, -0.2) is 38.6 Å². The van der Waals surface area contributed by atoms with E-state index in [9.17, 15) is 4.79 Å². The number of aryl methyl sites for hydroxylation is 1. The summed E-state index contributed by atoms with van der Waals surface area (Å²) in [5, 5.41) is 0. The van der Waals surface area contributed by atoms with Crippen LogP contribution < -0.4 is 9.80 Å². The van der Waals surface area contributed by atoms with Crippen LogP contribution in [-0.2, 0) is 10.3 Å². The number of carbonyl (C=O) groups excluding carboxylic acids is 1. The number of esters is 1. The third-order valence-corrected chi connectivity index (χ3v) is 6.36. The lowest BCUT2D eigenvalue weighted by atomic mass is 9.81. The van der Waals surface area contributed by atoms with Crippen LogP contribution in [0.1, 0.15) is 32.7 Å². The number of hydrogen-bond donors (Lipinski definition) is 0. The summed E-state index contributed by atoms with van der Waals surface area (Å²) in [4.78, 5) is 17.3. The van der Waals surface area contributed by atoms with E-state index in [0.29, 0.717) is 5.56 Å². The van der Waals surface area contributed by atoms with Gasteiger partial charge in [-0.25, -0.2) is 4.79 Å². The van der Waals surface area contributed by atoms with Gasteiger partial charge < -0.3 is 18.9 Å². The van der Waals surface area contributed by atoms with E-state index < -0.39 is 5.60 Å². The molecule has 1 aliphatic rings. The lowest BCUT2D eigenvalue weighted by molar-refractivity contribution is 0.0235. The van der Waals surface area contributed by atoms with Crippen molar-refractivity contribution < 1.29 is 9.53 Å². The van der Waals surface area contributed by atoms with Gasteiger partial charge in [-0.15, -0.1) is 0 Å². The molecule has 1 atom stereocenters. The second kappa shape index (κ2) is 7.16. The van der Waals surface area contributed by atoms with Crippen molar-refractivity contribution in [3.05, 3.63) is 101 Å². The fourth-order valence-corrected chi connectivity index (χ4v) is 4.76. The van der Waals surface area contributed by atoms with Crippen molar-refractivity contribution in [2.24, 2.45) is 0 Å². The molecule has 0 fully saturated rings. The predicted molar refractivity (Wildman–Crippen MR) is 129 cm³/mol. The molecule has 1 aliphatic heterocycles. The zero-order valence-corrected chi connectivity index (χ0v) is 19.1. The first-order chi connectivity index (χ1) is 15.3. The smallest absolute Gasteiger partial charge is 0.340 e. The summed E-state index contributed by atoms with van der Waals surface area (Å²) in [6.07, 6.45) is 2.04. The molecule has 4 aromatic rings. The van der Waals surface area contributed by atoms with Crippen molar-refractivity contribution in [2.75, 3.05) is 38.0 Å². The topological polar surface area (TPSA) is 37.2 Å². The van der Waals surface area contributed by atoms with Crippen molar-refractivity contribution in [3.8, 4) is 0 Å². The van der Waals surface area contributed by atoms with Gasteiger partial charge in [0.25, 0.3) is 0 Å². The highest BCUT2D eigenvalue weighted by atomic mass is 16.6. The standard InChI is InChI=1S/C27H27N3O2/c1-18-16-22-8-6-7-15-30(22)25(18)27(19-9-11-20(12-10-19)28(2)3)24-14-13-21(29(4)5)17-23(24)26(31)32-27/h6-17H,1-5H3. The van der Waals surface area contributed by atoms with Gasteiger partial charge in [-0.05, 0) is 55.0 Å². The molecule has 1 unspecified atom stereocenters. The van der Waals surface area contributed by atoms with E-state index in [1.807, 2.05) is 63.6 Å².